The van der Waals surface area contributed by atoms with Crippen LogP contribution in [-0.2, 0) is 17.8 Å². The lowest BCUT2D eigenvalue weighted by atomic mass is 10.2. The lowest BCUT2D eigenvalue weighted by Gasteiger charge is -2.17. The van der Waals surface area contributed by atoms with Crippen molar-refractivity contribution in [2.75, 3.05) is 27.4 Å². The van der Waals surface area contributed by atoms with Gasteiger partial charge in [0.25, 0.3) is 0 Å². The average molecular weight is 380 g/mol. The van der Waals surface area contributed by atoms with Crippen molar-refractivity contribution in [1.29, 1.82) is 0 Å². The minimum absolute atomic E-state index is 0.394. The van der Waals surface area contributed by atoms with Crippen LogP contribution >= 0.6 is 11.6 Å². The van der Waals surface area contributed by atoms with Gasteiger partial charge in [-0.15, -0.1) is 0 Å². The quantitative estimate of drug-likeness (QED) is 0.736. The molecule has 140 valence electrons. The van der Waals surface area contributed by atoms with Gasteiger partial charge in [-0.1, -0.05) is 11.6 Å². The zero-order chi connectivity index (χ0) is 18.7. The molecule has 0 bridgehead atoms. The molecule has 0 radical (unpaired) electrons. The summed E-state index contributed by atoms with van der Waals surface area (Å²) >= 11 is 6.35. The molecule has 3 rings (SSSR count). The Kier molecular flexibility index (Phi) is 5.74. The van der Waals surface area contributed by atoms with E-state index in [0.29, 0.717) is 59.9 Å². The molecule has 2 aromatic rings. The molecule has 0 aliphatic carbocycles. The van der Waals surface area contributed by atoms with Crippen molar-refractivity contribution < 1.29 is 23.4 Å². The molecule has 2 heterocycles. The Labute approximate surface area is 157 Å². The summed E-state index contributed by atoms with van der Waals surface area (Å²) in [6, 6.07) is 5.56. The second kappa shape index (κ2) is 8.01. The number of esters is 1. The first-order chi connectivity index (χ1) is 12.5. The second-order valence-electron chi connectivity index (χ2n) is 6.30. The van der Waals surface area contributed by atoms with E-state index in [-0.39, 0.29) is 0 Å². The third-order valence-corrected chi connectivity index (χ3v) is 4.40. The van der Waals surface area contributed by atoms with Crippen LogP contribution in [0.4, 0.5) is 0 Å². The number of carbonyl (C=O) groups excluding carboxylic acids is 1. The van der Waals surface area contributed by atoms with E-state index in [2.05, 4.69) is 4.90 Å². The van der Waals surface area contributed by atoms with E-state index in [1.165, 1.54) is 7.11 Å². The highest BCUT2D eigenvalue weighted by Crippen LogP contribution is 2.38. The Hall–Kier alpha value is -2.18. The Morgan fingerprint density at radius 3 is 2.77 bits per heavy atom. The normalized spacial score (nSPS) is 13.6. The predicted molar refractivity (Wildman–Crippen MR) is 97.0 cm³/mol. The monoisotopic (exact) mass is 379 g/mol. The second-order valence-corrected chi connectivity index (χ2v) is 6.71. The average Bonchev–Trinajstić information content (AvgIpc) is 2.80. The number of hydrogen-bond donors (Lipinski definition) is 0. The number of nitrogens with zero attached hydrogens (tertiary/aromatic N) is 1. The molecule has 0 amide bonds. The van der Waals surface area contributed by atoms with E-state index >= 15 is 0 Å². The molecule has 0 unspecified atom stereocenters. The van der Waals surface area contributed by atoms with Gasteiger partial charge in [0.2, 0.25) is 0 Å². The van der Waals surface area contributed by atoms with Crippen molar-refractivity contribution in [2.24, 2.45) is 0 Å². The van der Waals surface area contributed by atoms with Crippen LogP contribution in [0.2, 0.25) is 5.02 Å². The van der Waals surface area contributed by atoms with Crippen LogP contribution in [0.3, 0.4) is 0 Å². The van der Waals surface area contributed by atoms with Crippen molar-refractivity contribution >= 4 is 17.6 Å². The maximum atomic E-state index is 11.7. The molecular weight excluding hydrogens is 358 g/mol. The van der Waals surface area contributed by atoms with Crippen molar-refractivity contribution in [3.05, 3.63) is 45.9 Å². The van der Waals surface area contributed by atoms with Crippen molar-refractivity contribution in [2.45, 2.75) is 26.4 Å². The Morgan fingerprint density at radius 1 is 1.23 bits per heavy atom. The van der Waals surface area contributed by atoms with Gasteiger partial charge in [0.1, 0.15) is 17.1 Å². The van der Waals surface area contributed by atoms with Gasteiger partial charge < -0.3 is 18.6 Å². The van der Waals surface area contributed by atoms with Gasteiger partial charge >= 0.3 is 5.97 Å². The standard InChI is InChI=1S/C19H22ClNO5/c1-12-15(19(22)23-3)9-14(26-12)11-21(2)10-13-7-16(20)18-17(8-13)24-5-4-6-25-18/h7-9H,4-6,10-11H2,1-3H3. The summed E-state index contributed by atoms with van der Waals surface area (Å²) in [7, 11) is 3.32. The van der Waals surface area contributed by atoms with Crippen molar-refractivity contribution in [1.82, 2.24) is 4.90 Å². The van der Waals surface area contributed by atoms with E-state index in [1.54, 1.807) is 13.0 Å². The number of methoxy groups -OCH3 is 1. The fraction of sp³-hybridized carbons (Fsp3) is 0.421. The molecule has 0 N–H and O–H groups in total. The summed E-state index contributed by atoms with van der Waals surface area (Å²) in [5, 5.41) is 0.551. The summed E-state index contributed by atoms with van der Waals surface area (Å²) in [4.78, 5) is 13.8. The number of halogens is 1. The first-order valence-corrected chi connectivity index (χ1v) is 8.80. The molecule has 0 fully saturated rings. The highest BCUT2D eigenvalue weighted by molar-refractivity contribution is 6.32. The van der Waals surface area contributed by atoms with Crippen LogP contribution in [0, 0.1) is 6.92 Å². The number of carbonyl (C=O) groups is 1. The van der Waals surface area contributed by atoms with Crippen LogP contribution < -0.4 is 9.47 Å². The fourth-order valence-corrected chi connectivity index (χ4v) is 3.23. The van der Waals surface area contributed by atoms with Gasteiger partial charge in [-0.25, -0.2) is 4.79 Å². The van der Waals surface area contributed by atoms with Crippen LogP contribution in [0.15, 0.2) is 22.6 Å². The number of ether oxygens (including phenoxy) is 3. The zero-order valence-corrected chi connectivity index (χ0v) is 15.9. The molecule has 1 aliphatic heterocycles. The minimum Gasteiger partial charge on any atom is -0.489 e. The smallest absolute Gasteiger partial charge is 0.341 e. The summed E-state index contributed by atoms with van der Waals surface area (Å²) in [5.41, 5.74) is 1.47. The Bertz CT molecular complexity index is 801. The first-order valence-electron chi connectivity index (χ1n) is 8.42. The molecule has 26 heavy (non-hydrogen) atoms. The number of fused-ring (bicyclic) bond motifs is 1. The maximum Gasteiger partial charge on any atom is 0.341 e. The molecule has 0 spiro atoms. The largest absolute Gasteiger partial charge is 0.489 e. The topological polar surface area (TPSA) is 61.1 Å². The van der Waals surface area contributed by atoms with E-state index < -0.39 is 5.97 Å². The number of hydrogen-bond acceptors (Lipinski definition) is 6. The van der Waals surface area contributed by atoms with Crippen molar-refractivity contribution in [3.63, 3.8) is 0 Å². The van der Waals surface area contributed by atoms with Gasteiger partial charge in [-0.2, -0.15) is 0 Å². The van der Waals surface area contributed by atoms with Crippen molar-refractivity contribution in [3.8, 4) is 11.5 Å². The van der Waals surface area contributed by atoms with E-state index in [4.69, 9.17) is 30.2 Å². The van der Waals surface area contributed by atoms with E-state index in [1.807, 2.05) is 19.2 Å². The predicted octanol–water partition coefficient (Wildman–Crippen LogP) is 3.82. The maximum absolute atomic E-state index is 11.7. The van der Waals surface area contributed by atoms with E-state index in [0.717, 1.165) is 12.0 Å². The van der Waals surface area contributed by atoms with E-state index in [9.17, 15) is 4.79 Å². The SMILES string of the molecule is COC(=O)c1cc(CN(C)Cc2cc(Cl)c3c(c2)OCCCO3)oc1C. The molecule has 1 aromatic carbocycles. The Morgan fingerprint density at radius 2 is 2.00 bits per heavy atom. The summed E-state index contributed by atoms with van der Waals surface area (Å²) in [6.45, 7) is 4.16. The lowest BCUT2D eigenvalue weighted by molar-refractivity contribution is 0.0599. The van der Waals surface area contributed by atoms with Gasteiger partial charge in [0, 0.05) is 13.0 Å². The molecule has 1 aliphatic rings. The van der Waals surface area contributed by atoms with Gasteiger partial charge in [0.15, 0.2) is 11.5 Å². The van der Waals surface area contributed by atoms with Crippen LogP contribution in [0.25, 0.3) is 0 Å². The van der Waals surface area contributed by atoms with Gasteiger partial charge in [-0.3, -0.25) is 4.90 Å². The molecule has 1 aromatic heterocycles. The highest BCUT2D eigenvalue weighted by Gasteiger charge is 2.18. The molecule has 7 heteroatoms. The first kappa shape index (κ1) is 18.6. The van der Waals surface area contributed by atoms with Gasteiger partial charge in [-0.05, 0) is 37.7 Å². The van der Waals surface area contributed by atoms with Crippen LogP contribution in [0.5, 0.6) is 11.5 Å². The lowest BCUT2D eigenvalue weighted by Crippen LogP contribution is -2.17. The summed E-state index contributed by atoms with van der Waals surface area (Å²) in [5.74, 6) is 2.15. The Balaban J connectivity index is 1.70. The van der Waals surface area contributed by atoms with Crippen LogP contribution in [0.1, 0.15) is 33.9 Å². The number of furan rings is 1. The number of aryl methyl sites for hydroxylation is 1. The molecule has 0 saturated carbocycles. The molecular formula is C19H22ClNO5. The summed E-state index contributed by atoms with van der Waals surface area (Å²) in [6.07, 6.45) is 0.834. The third-order valence-electron chi connectivity index (χ3n) is 4.11. The van der Waals surface area contributed by atoms with Gasteiger partial charge in [0.05, 0.1) is 31.9 Å². The third kappa shape index (κ3) is 4.14. The minimum atomic E-state index is -0.394. The highest BCUT2D eigenvalue weighted by atomic mass is 35.5. The van der Waals surface area contributed by atoms with Crippen LogP contribution in [-0.4, -0.2) is 38.2 Å². The number of rotatable bonds is 5. The zero-order valence-electron chi connectivity index (χ0n) is 15.1. The molecule has 0 atom stereocenters. The summed E-state index contributed by atoms with van der Waals surface area (Å²) < 4.78 is 21.8. The fourth-order valence-electron chi connectivity index (χ4n) is 2.94. The molecule has 6 nitrogen and oxygen atoms in total. The number of benzene rings is 1. The molecule has 0 saturated heterocycles.